The first-order valence-corrected chi connectivity index (χ1v) is 7.17. The fourth-order valence-corrected chi connectivity index (χ4v) is 1.95. The van der Waals surface area contributed by atoms with Crippen LogP contribution in [0.25, 0.3) is 0 Å². The molecule has 2 rings (SSSR count). The molecule has 0 atom stereocenters. The number of nitrogens with one attached hydrogen (secondary N) is 1. The van der Waals surface area contributed by atoms with Crippen molar-refractivity contribution in [3.05, 3.63) is 11.9 Å². The Labute approximate surface area is 115 Å². The standard InChI is InChI=1S/C13H25N5O/c1-3-14-10-12-11-18(16-15-12)7-9-19-8-6-17(2)13-4-5-13/h11,13-14H,3-10H2,1-2H3. The molecule has 1 aromatic rings. The van der Waals surface area contributed by atoms with Gasteiger partial charge in [0.25, 0.3) is 0 Å². The summed E-state index contributed by atoms with van der Waals surface area (Å²) in [7, 11) is 2.17. The molecule has 0 amide bonds. The van der Waals surface area contributed by atoms with Gasteiger partial charge in [0.05, 0.1) is 25.5 Å². The van der Waals surface area contributed by atoms with Crippen LogP contribution in [0.1, 0.15) is 25.5 Å². The van der Waals surface area contributed by atoms with E-state index in [4.69, 9.17) is 4.74 Å². The third-order valence-electron chi connectivity index (χ3n) is 3.37. The summed E-state index contributed by atoms with van der Waals surface area (Å²) in [6.45, 7) is 7.10. The third kappa shape index (κ3) is 5.26. The SMILES string of the molecule is CCNCc1cn(CCOCCN(C)C2CC2)nn1. The van der Waals surface area contributed by atoms with Gasteiger partial charge in [-0.2, -0.15) is 0 Å². The molecule has 0 bridgehead atoms. The van der Waals surface area contributed by atoms with Crippen molar-refractivity contribution in [2.24, 2.45) is 0 Å². The van der Waals surface area contributed by atoms with Crippen LogP contribution in [0.15, 0.2) is 6.20 Å². The van der Waals surface area contributed by atoms with Crippen molar-refractivity contribution in [1.82, 2.24) is 25.2 Å². The van der Waals surface area contributed by atoms with Crippen molar-refractivity contribution in [1.29, 1.82) is 0 Å². The number of hydrogen-bond acceptors (Lipinski definition) is 5. The smallest absolute Gasteiger partial charge is 0.0964 e. The largest absolute Gasteiger partial charge is 0.378 e. The van der Waals surface area contributed by atoms with Gasteiger partial charge in [0.1, 0.15) is 0 Å². The Bertz CT molecular complexity index is 364. The lowest BCUT2D eigenvalue weighted by Crippen LogP contribution is -2.25. The highest BCUT2D eigenvalue weighted by Crippen LogP contribution is 2.24. The molecule has 1 heterocycles. The van der Waals surface area contributed by atoms with E-state index in [1.807, 2.05) is 10.9 Å². The quantitative estimate of drug-likeness (QED) is 0.626. The lowest BCUT2D eigenvalue weighted by Gasteiger charge is -2.15. The summed E-state index contributed by atoms with van der Waals surface area (Å²) in [5.74, 6) is 0. The summed E-state index contributed by atoms with van der Waals surface area (Å²) in [6, 6.07) is 0.813. The monoisotopic (exact) mass is 267 g/mol. The molecule has 0 unspecified atom stereocenters. The fourth-order valence-electron chi connectivity index (χ4n) is 1.95. The Morgan fingerprint density at radius 3 is 3.05 bits per heavy atom. The molecule has 0 aromatic carbocycles. The average Bonchev–Trinajstić information content (AvgIpc) is 3.17. The second kappa shape index (κ2) is 7.57. The van der Waals surface area contributed by atoms with Crippen LogP contribution in [0, 0.1) is 0 Å². The van der Waals surface area contributed by atoms with Crippen molar-refractivity contribution < 1.29 is 4.74 Å². The fraction of sp³-hybridized carbons (Fsp3) is 0.846. The Hall–Kier alpha value is -0.980. The van der Waals surface area contributed by atoms with Crippen LogP contribution in [-0.2, 0) is 17.8 Å². The first-order chi connectivity index (χ1) is 9.29. The van der Waals surface area contributed by atoms with E-state index < -0.39 is 0 Å². The third-order valence-corrected chi connectivity index (χ3v) is 3.37. The van der Waals surface area contributed by atoms with Crippen molar-refractivity contribution in [2.45, 2.75) is 38.9 Å². The molecular weight excluding hydrogens is 242 g/mol. The van der Waals surface area contributed by atoms with Crippen molar-refractivity contribution >= 4 is 0 Å². The van der Waals surface area contributed by atoms with E-state index >= 15 is 0 Å². The Morgan fingerprint density at radius 2 is 2.32 bits per heavy atom. The zero-order valence-electron chi connectivity index (χ0n) is 12.0. The van der Waals surface area contributed by atoms with Gasteiger partial charge in [0.15, 0.2) is 0 Å². The summed E-state index contributed by atoms with van der Waals surface area (Å²) in [6.07, 6.45) is 4.68. The number of hydrogen-bond donors (Lipinski definition) is 1. The topological polar surface area (TPSA) is 55.2 Å². The lowest BCUT2D eigenvalue weighted by atomic mass is 10.4. The molecule has 19 heavy (non-hydrogen) atoms. The van der Waals surface area contributed by atoms with Crippen LogP contribution >= 0.6 is 0 Å². The minimum Gasteiger partial charge on any atom is -0.378 e. The van der Waals surface area contributed by atoms with Crippen molar-refractivity contribution in [3.63, 3.8) is 0 Å². The van der Waals surface area contributed by atoms with E-state index in [1.54, 1.807) is 0 Å². The number of rotatable bonds is 10. The van der Waals surface area contributed by atoms with E-state index in [2.05, 4.69) is 34.5 Å². The van der Waals surface area contributed by atoms with E-state index in [-0.39, 0.29) is 0 Å². The van der Waals surface area contributed by atoms with E-state index in [9.17, 15) is 0 Å². The highest BCUT2D eigenvalue weighted by molar-refractivity contribution is 4.91. The van der Waals surface area contributed by atoms with Crippen LogP contribution in [-0.4, -0.2) is 59.3 Å². The number of aromatic nitrogens is 3. The highest BCUT2D eigenvalue weighted by atomic mass is 16.5. The molecule has 1 aliphatic rings. The van der Waals surface area contributed by atoms with Crippen LogP contribution in [0.3, 0.4) is 0 Å². The van der Waals surface area contributed by atoms with Gasteiger partial charge in [0.2, 0.25) is 0 Å². The van der Waals surface area contributed by atoms with Crippen LogP contribution in [0.2, 0.25) is 0 Å². The van der Waals surface area contributed by atoms with Crippen molar-refractivity contribution in [2.75, 3.05) is 33.4 Å². The predicted molar refractivity (Wildman–Crippen MR) is 73.9 cm³/mol. The lowest BCUT2D eigenvalue weighted by molar-refractivity contribution is 0.101. The Morgan fingerprint density at radius 1 is 1.47 bits per heavy atom. The maximum absolute atomic E-state index is 5.63. The Kier molecular flexibility index (Phi) is 5.75. The molecule has 1 aliphatic carbocycles. The van der Waals surface area contributed by atoms with Gasteiger partial charge >= 0.3 is 0 Å². The van der Waals surface area contributed by atoms with Crippen LogP contribution < -0.4 is 5.32 Å². The van der Waals surface area contributed by atoms with Crippen LogP contribution in [0.5, 0.6) is 0 Å². The average molecular weight is 267 g/mol. The summed E-state index contributed by atoms with van der Waals surface area (Å²) in [5, 5.41) is 11.4. The molecule has 6 heteroatoms. The normalized spacial score (nSPS) is 15.3. The molecule has 6 nitrogen and oxygen atoms in total. The molecule has 1 N–H and O–H groups in total. The molecule has 108 valence electrons. The number of nitrogens with zero attached hydrogens (tertiary/aromatic N) is 4. The van der Waals surface area contributed by atoms with Gasteiger partial charge in [0, 0.05) is 25.3 Å². The molecule has 1 aromatic heterocycles. The maximum atomic E-state index is 5.63. The zero-order valence-corrected chi connectivity index (χ0v) is 12.0. The summed E-state index contributed by atoms with van der Waals surface area (Å²) in [4.78, 5) is 2.38. The maximum Gasteiger partial charge on any atom is 0.0964 e. The first-order valence-electron chi connectivity index (χ1n) is 7.17. The van der Waals surface area contributed by atoms with Gasteiger partial charge in [-0.1, -0.05) is 12.1 Å². The highest BCUT2D eigenvalue weighted by Gasteiger charge is 2.25. The number of likely N-dealkylation sites (N-methyl/N-ethyl adjacent to an activating group) is 1. The van der Waals surface area contributed by atoms with Crippen LogP contribution in [0.4, 0.5) is 0 Å². The summed E-state index contributed by atoms with van der Waals surface area (Å²) in [5.41, 5.74) is 0.982. The van der Waals surface area contributed by atoms with Gasteiger partial charge in [-0.15, -0.1) is 5.10 Å². The van der Waals surface area contributed by atoms with Gasteiger partial charge in [-0.3, -0.25) is 0 Å². The minimum atomic E-state index is 0.697. The van der Waals surface area contributed by atoms with Gasteiger partial charge in [-0.25, -0.2) is 4.68 Å². The number of ether oxygens (including phenoxy) is 1. The molecule has 1 fully saturated rings. The summed E-state index contributed by atoms with van der Waals surface area (Å²) < 4.78 is 7.48. The van der Waals surface area contributed by atoms with Gasteiger partial charge < -0.3 is 15.0 Å². The molecule has 1 saturated carbocycles. The molecule has 0 radical (unpaired) electrons. The van der Waals surface area contributed by atoms with E-state index in [1.165, 1.54) is 12.8 Å². The molecule has 0 saturated heterocycles. The van der Waals surface area contributed by atoms with E-state index in [0.717, 1.165) is 44.5 Å². The second-order valence-corrected chi connectivity index (χ2v) is 5.08. The first kappa shape index (κ1) is 14.4. The second-order valence-electron chi connectivity index (χ2n) is 5.08. The predicted octanol–water partition coefficient (Wildman–Crippen LogP) is 0.498. The summed E-state index contributed by atoms with van der Waals surface area (Å²) >= 11 is 0. The zero-order chi connectivity index (χ0) is 13.5. The van der Waals surface area contributed by atoms with E-state index in [0.29, 0.717) is 6.61 Å². The Balaban J connectivity index is 1.53. The van der Waals surface area contributed by atoms with Gasteiger partial charge in [-0.05, 0) is 26.4 Å². The molecular formula is C13H25N5O. The molecule has 0 spiro atoms. The minimum absolute atomic E-state index is 0.697. The molecule has 0 aliphatic heterocycles. The van der Waals surface area contributed by atoms with Crippen molar-refractivity contribution in [3.8, 4) is 0 Å².